The highest BCUT2D eigenvalue weighted by Gasteiger charge is 2.17. The average Bonchev–Trinajstić information content (AvgIpc) is 2.32. The minimum absolute atomic E-state index is 0.738. The summed E-state index contributed by atoms with van der Waals surface area (Å²) in [5.41, 5.74) is 1.23. The van der Waals surface area contributed by atoms with E-state index in [0.717, 1.165) is 17.1 Å². The summed E-state index contributed by atoms with van der Waals surface area (Å²) in [5, 5.41) is 7.68. The molecule has 0 saturated heterocycles. The SMILES string of the molecule is Cn1ncc(Br)c1CNC1CCC1. The fourth-order valence-corrected chi connectivity index (χ4v) is 1.98. The lowest BCUT2D eigenvalue weighted by atomic mass is 9.93. The van der Waals surface area contributed by atoms with E-state index in [9.17, 15) is 0 Å². The van der Waals surface area contributed by atoms with Gasteiger partial charge in [-0.1, -0.05) is 6.42 Å². The van der Waals surface area contributed by atoms with Crippen LogP contribution < -0.4 is 5.32 Å². The Morgan fingerprint density at radius 1 is 1.69 bits per heavy atom. The molecular formula is C9H14BrN3. The van der Waals surface area contributed by atoms with Crippen molar-refractivity contribution in [2.45, 2.75) is 31.8 Å². The zero-order chi connectivity index (χ0) is 9.26. The van der Waals surface area contributed by atoms with E-state index in [1.165, 1.54) is 25.0 Å². The summed E-state index contributed by atoms with van der Waals surface area (Å²) in [4.78, 5) is 0. The van der Waals surface area contributed by atoms with Gasteiger partial charge < -0.3 is 5.32 Å². The van der Waals surface area contributed by atoms with E-state index in [0.29, 0.717) is 0 Å². The Bertz CT molecular complexity index is 272. The van der Waals surface area contributed by atoms with Gasteiger partial charge in [-0.15, -0.1) is 0 Å². The molecule has 0 atom stereocenters. The second kappa shape index (κ2) is 3.80. The fraction of sp³-hybridized carbons (Fsp3) is 0.667. The molecule has 0 unspecified atom stereocenters. The number of aromatic nitrogens is 2. The van der Waals surface area contributed by atoms with Gasteiger partial charge in [0, 0.05) is 19.6 Å². The lowest BCUT2D eigenvalue weighted by Gasteiger charge is -2.26. The molecule has 1 saturated carbocycles. The smallest absolute Gasteiger partial charge is 0.0660 e. The zero-order valence-corrected chi connectivity index (χ0v) is 9.34. The van der Waals surface area contributed by atoms with Crippen molar-refractivity contribution in [2.24, 2.45) is 7.05 Å². The average molecular weight is 244 g/mol. The number of halogens is 1. The molecule has 2 rings (SSSR count). The summed E-state index contributed by atoms with van der Waals surface area (Å²) < 4.78 is 3.01. The molecule has 1 aliphatic rings. The van der Waals surface area contributed by atoms with Crippen LogP contribution in [0.25, 0.3) is 0 Å². The molecule has 0 bridgehead atoms. The van der Waals surface area contributed by atoms with Crippen LogP contribution >= 0.6 is 15.9 Å². The van der Waals surface area contributed by atoms with Crippen molar-refractivity contribution in [2.75, 3.05) is 0 Å². The van der Waals surface area contributed by atoms with Gasteiger partial charge in [0.1, 0.15) is 0 Å². The van der Waals surface area contributed by atoms with E-state index in [1.807, 2.05) is 17.9 Å². The van der Waals surface area contributed by atoms with Gasteiger partial charge in [-0.05, 0) is 28.8 Å². The number of nitrogens with zero attached hydrogens (tertiary/aromatic N) is 2. The third-order valence-electron chi connectivity index (χ3n) is 2.67. The van der Waals surface area contributed by atoms with Crippen molar-refractivity contribution < 1.29 is 0 Å². The van der Waals surface area contributed by atoms with Crippen molar-refractivity contribution in [3.05, 3.63) is 16.4 Å². The molecule has 0 amide bonds. The van der Waals surface area contributed by atoms with Crippen molar-refractivity contribution >= 4 is 15.9 Å². The Hall–Kier alpha value is -0.350. The summed E-state index contributed by atoms with van der Waals surface area (Å²) >= 11 is 3.48. The van der Waals surface area contributed by atoms with Crippen LogP contribution in [0.3, 0.4) is 0 Å². The Balaban J connectivity index is 1.92. The van der Waals surface area contributed by atoms with Gasteiger partial charge in [-0.3, -0.25) is 4.68 Å². The monoisotopic (exact) mass is 243 g/mol. The first-order valence-electron chi connectivity index (χ1n) is 4.67. The number of hydrogen-bond acceptors (Lipinski definition) is 2. The maximum Gasteiger partial charge on any atom is 0.0660 e. The lowest BCUT2D eigenvalue weighted by molar-refractivity contribution is 0.334. The molecule has 1 aliphatic carbocycles. The molecule has 1 heterocycles. The topological polar surface area (TPSA) is 29.9 Å². The predicted octanol–water partition coefficient (Wildman–Crippen LogP) is 1.82. The highest BCUT2D eigenvalue weighted by molar-refractivity contribution is 9.10. The van der Waals surface area contributed by atoms with Gasteiger partial charge in [0.25, 0.3) is 0 Å². The van der Waals surface area contributed by atoms with Crippen molar-refractivity contribution in [3.8, 4) is 0 Å². The first-order valence-corrected chi connectivity index (χ1v) is 5.46. The maximum absolute atomic E-state index is 4.17. The van der Waals surface area contributed by atoms with Gasteiger partial charge in [0.2, 0.25) is 0 Å². The molecule has 0 radical (unpaired) electrons. The highest BCUT2D eigenvalue weighted by atomic mass is 79.9. The lowest BCUT2D eigenvalue weighted by Crippen LogP contribution is -2.35. The minimum atomic E-state index is 0.738. The summed E-state index contributed by atoms with van der Waals surface area (Å²) in [6.07, 6.45) is 5.88. The molecule has 4 heteroatoms. The Kier molecular flexibility index (Phi) is 2.69. The van der Waals surface area contributed by atoms with E-state index in [-0.39, 0.29) is 0 Å². The zero-order valence-electron chi connectivity index (χ0n) is 7.76. The third-order valence-corrected chi connectivity index (χ3v) is 3.34. The molecular weight excluding hydrogens is 230 g/mol. The first-order chi connectivity index (χ1) is 6.27. The van der Waals surface area contributed by atoms with Crippen molar-refractivity contribution in [1.29, 1.82) is 0 Å². The molecule has 3 nitrogen and oxygen atoms in total. The van der Waals surface area contributed by atoms with Crippen LogP contribution in [0, 0.1) is 0 Å². The Labute approximate surface area is 86.6 Å². The molecule has 1 aromatic rings. The first kappa shape index (κ1) is 9.21. The quantitative estimate of drug-likeness (QED) is 0.878. The molecule has 0 spiro atoms. The Morgan fingerprint density at radius 3 is 2.92 bits per heavy atom. The standard InChI is InChI=1S/C9H14BrN3/c1-13-9(8(10)5-12-13)6-11-7-3-2-4-7/h5,7,11H,2-4,6H2,1H3. The van der Waals surface area contributed by atoms with Crippen LogP contribution in [0.2, 0.25) is 0 Å². The van der Waals surface area contributed by atoms with Crippen LogP contribution in [0.4, 0.5) is 0 Å². The van der Waals surface area contributed by atoms with Gasteiger partial charge in [0.05, 0.1) is 16.4 Å². The second-order valence-corrected chi connectivity index (χ2v) is 4.43. The van der Waals surface area contributed by atoms with Crippen LogP contribution in [0.1, 0.15) is 25.0 Å². The number of aryl methyl sites for hydroxylation is 1. The highest BCUT2D eigenvalue weighted by Crippen LogP contribution is 2.20. The number of hydrogen-bond donors (Lipinski definition) is 1. The largest absolute Gasteiger partial charge is 0.308 e. The van der Waals surface area contributed by atoms with E-state index in [1.54, 1.807) is 0 Å². The molecule has 1 aromatic heterocycles. The maximum atomic E-state index is 4.17. The van der Waals surface area contributed by atoms with E-state index in [2.05, 4.69) is 26.3 Å². The van der Waals surface area contributed by atoms with Crippen LogP contribution in [-0.4, -0.2) is 15.8 Å². The van der Waals surface area contributed by atoms with Crippen LogP contribution in [-0.2, 0) is 13.6 Å². The summed E-state index contributed by atoms with van der Waals surface area (Å²) in [7, 11) is 1.97. The van der Waals surface area contributed by atoms with Crippen LogP contribution in [0.5, 0.6) is 0 Å². The van der Waals surface area contributed by atoms with E-state index in [4.69, 9.17) is 0 Å². The Morgan fingerprint density at radius 2 is 2.46 bits per heavy atom. The normalized spacial score (nSPS) is 17.4. The van der Waals surface area contributed by atoms with Gasteiger partial charge in [-0.25, -0.2) is 0 Å². The second-order valence-electron chi connectivity index (χ2n) is 3.57. The minimum Gasteiger partial charge on any atom is -0.308 e. The molecule has 13 heavy (non-hydrogen) atoms. The van der Waals surface area contributed by atoms with Crippen molar-refractivity contribution in [1.82, 2.24) is 15.1 Å². The van der Waals surface area contributed by atoms with Crippen LogP contribution in [0.15, 0.2) is 10.7 Å². The molecule has 1 N–H and O–H groups in total. The summed E-state index contributed by atoms with van der Waals surface area (Å²) in [6.45, 7) is 0.918. The molecule has 0 aromatic carbocycles. The van der Waals surface area contributed by atoms with Gasteiger partial charge in [-0.2, -0.15) is 5.10 Å². The number of rotatable bonds is 3. The summed E-state index contributed by atoms with van der Waals surface area (Å²) in [6, 6.07) is 0.738. The van der Waals surface area contributed by atoms with E-state index < -0.39 is 0 Å². The molecule has 72 valence electrons. The third kappa shape index (κ3) is 1.94. The van der Waals surface area contributed by atoms with Gasteiger partial charge >= 0.3 is 0 Å². The van der Waals surface area contributed by atoms with Crippen molar-refractivity contribution in [3.63, 3.8) is 0 Å². The van der Waals surface area contributed by atoms with E-state index >= 15 is 0 Å². The number of nitrogens with one attached hydrogen (secondary N) is 1. The summed E-state index contributed by atoms with van der Waals surface area (Å²) in [5.74, 6) is 0. The predicted molar refractivity (Wildman–Crippen MR) is 55.4 cm³/mol. The van der Waals surface area contributed by atoms with Gasteiger partial charge in [0.15, 0.2) is 0 Å². The molecule has 1 fully saturated rings. The fourth-order valence-electron chi connectivity index (χ4n) is 1.49. The molecule has 0 aliphatic heterocycles.